The second kappa shape index (κ2) is 3.94. The number of Topliss-reactive ketones (excluding diaryl/α,β-unsaturated/α-hetero) is 1. The highest BCUT2D eigenvalue weighted by molar-refractivity contribution is 6.07. The average molecular weight is 243 g/mol. The maximum absolute atomic E-state index is 12.5. The van der Waals surface area contributed by atoms with Crippen molar-refractivity contribution >= 4 is 17.4 Å². The molecule has 2 unspecified atom stereocenters. The second-order valence-electron chi connectivity index (χ2n) is 5.32. The van der Waals surface area contributed by atoms with Gasteiger partial charge < -0.3 is 5.32 Å². The maximum atomic E-state index is 12.5. The topological polar surface area (TPSA) is 46.2 Å². The number of amides is 1. The van der Waals surface area contributed by atoms with Gasteiger partial charge in [-0.15, -0.1) is 0 Å². The molecule has 3 heteroatoms. The first-order chi connectivity index (χ1) is 8.68. The fourth-order valence-corrected chi connectivity index (χ4v) is 3.58. The van der Waals surface area contributed by atoms with Crippen LogP contribution < -0.4 is 5.32 Å². The number of benzene rings is 1. The fraction of sp³-hybridized carbons (Fsp3) is 0.467. The van der Waals surface area contributed by atoms with Crippen LogP contribution in [0.3, 0.4) is 0 Å². The highest BCUT2D eigenvalue weighted by atomic mass is 16.2. The van der Waals surface area contributed by atoms with E-state index in [0.717, 1.165) is 17.7 Å². The van der Waals surface area contributed by atoms with Gasteiger partial charge in [-0.3, -0.25) is 9.59 Å². The van der Waals surface area contributed by atoms with E-state index >= 15 is 0 Å². The molecule has 1 fully saturated rings. The number of para-hydroxylation sites is 1. The van der Waals surface area contributed by atoms with E-state index in [4.69, 9.17) is 0 Å². The van der Waals surface area contributed by atoms with Gasteiger partial charge in [-0.05, 0) is 24.0 Å². The Balaban J connectivity index is 2.13. The van der Waals surface area contributed by atoms with E-state index in [1.807, 2.05) is 24.3 Å². The first-order valence-corrected chi connectivity index (χ1v) is 6.61. The Kier molecular flexibility index (Phi) is 2.51. The molecule has 1 N–H and O–H groups in total. The molecule has 2 aliphatic rings. The molecule has 1 aromatic carbocycles. The quantitative estimate of drug-likeness (QED) is 0.824. The molecule has 1 aromatic rings. The van der Waals surface area contributed by atoms with E-state index < -0.39 is 5.41 Å². The summed E-state index contributed by atoms with van der Waals surface area (Å²) < 4.78 is 0. The average Bonchev–Trinajstić information content (AvgIpc) is 2.66. The minimum Gasteiger partial charge on any atom is -0.325 e. The SMILES string of the molecule is CCC1CC(=O)CCC12C(=O)Nc1ccccc12. The van der Waals surface area contributed by atoms with Gasteiger partial charge in [-0.1, -0.05) is 31.5 Å². The Morgan fingerprint density at radius 1 is 1.33 bits per heavy atom. The van der Waals surface area contributed by atoms with Crippen molar-refractivity contribution in [2.75, 3.05) is 5.32 Å². The van der Waals surface area contributed by atoms with Gasteiger partial charge in [0.1, 0.15) is 5.78 Å². The molecule has 1 saturated carbocycles. The Morgan fingerprint density at radius 3 is 2.89 bits per heavy atom. The molecule has 1 spiro atoms. The van der Waals surface area contributed by atoms with Crippen molar-refractivity contribution in [1.82, 2.24) is 0 Å². The Labute approximate surface area is 107 Å². The number of rotatable bonds is 1. The van der Waals surface area contributed by atoms with E-state index in [1.165, 1.54) is 0 Å². The standard InChI is InChI=1S/C15H17NO2/c1-2-10-9-11(17)7-8-15(10)12-5-3-4-6-13(12)16-14(15)18/h3-6,10H,2,7-9H2,1H3,(H,16,18). The van der Waals surface area contributed by atoms with Crippen LogP contribution >= 0.6 is 0 Å². The molecule has 94 valence electrons. The van der Waals surface area contributed by atoms with Crippen LogP contribution in [0.15, 0.2) is 24.3 Å². The lowest BCUT2D eigenvalue weighted by atomic mass is 9.62. The van der Waals surface area contributed by atoms with Crippen LogP contribution in [0.1, 0.15) is 38.2 Å². The molecule has 2 atom stereocenters. The third-order valence-electron chi connectivity index (χ3n) is 4.52. The van der Waals surface area contributed by atoms with Crippen molar-refractivity contribution in [2.24, 2.45) is 5.92 Å². The molecule has 0 radical (unpaired) electrons. The molecule has 1 heterocycles. The summed E-state index contributed by atoms with van der Waals surface area (Å²) in [5, 5.41) is 2.99. The fourth-order valence-electron chi connectivity index (χ4n) is 3.58. The van der Waals surface area contributed by atoms with Gasteiger partial charge in [0.05, 0.1) is 5.41 Å². The first kappa shape index (κ1) is 11.5. The smallest absolute Gasteiger partial charge is 0.235 e. The Hall–Kier alpha value is -1.64. The lowest BCUT2D eigenvalue weighted by Crippen LogP contribution is -2.45. The molecule has 0 saturated heterocycles. The van der Waals surface area contributed by atoms with Crippen molar-refractivity contribution in [3.05, 3.63) is 29.8 Å². The normalized spacial score (nSPS) is 30.4. The second-order valence-corrected chi connectivity index (χ2v) is 5.32. The maximum Gasteiger partial charge on any atom is 0.235 e. The van der Waals surface area contributed by atoms with Crippen LogP contribution in [0.5, 0.6) is 0 Å². The van der Waals surface area contributed by atoms with E-state index in [1.54, 1.807) is 0 Å². The monoisotopic (exact) mass is 243 g/mol. The summed E-state index contributed by atoms with van der Waals surface area (Å²) in [4.78, 5) is 24.1. The minimum absolute atomic E-state index is 0.0862. The first-order valence-electron chi connectivity index (χ1n) is 6.61. The number of carbonyl (C=O) groups is 2. The van der Waals surface area contributed by atoms with Gasteiger partial charge in [0.15, 0.2) is 0 Å². The van der Waals surface area contributed by atoms with Crippen LogP contribution in [0.2, 0.25) is 0 Å². The van der Waals surface area contributed by atoms with Crippen LogP contribution in [0, 0.1) is 5.92 Å². The molecule has 1 amide bonds. The third kappa shape index (κ3) is 1.36. The van der Waals surface area contributed by atoms with Gasteiger partial charge in [-0.25, -0.2) is 0 Å². The van der Waals surface area contributed by atoms with Crippen molar-refractivity contribution in [3.63, 3.8) is 0 Å². The highest BCUT2D eigenvalue weighted by Gasteiger charge is 2.53. The summed E-state index contributed by atoms with van der Waals surface area (Å²) in [6.07, 6.45) is 2.59. The number of ketones is 1. The third-order valence-corrected chi connectivity index (χ3v) is 4.52. The number of anilines is 1. The van der Waals surface area contributed by atoms with E-state index in [9.17, 15) is 9.59 Å². The van der Waals surface area contributed by atoms with Crippen molar-refractivity contribution < 1.29 is 9.59 Å². The predicted molar refractivity (Wildman–Crippen MR) is 69.4 cm³/mol. The molecule has 0 aromatic heterocycles. The molecule has 3 nitrogen and oxygen atoms in total. The summed E-state index contributed by atoms with van der Waals surface area (Å²) in [6, 6.07) is 7.90. The number of hydrogen-bond acceptors (Lipinski definition) is 2. The van der Waals surface area contributed by atoms with E-state index in [-0.39, 0.29) is 11.8 Å². The van der Waals surface area contributed by atoms with Crippen LogP contribution in [0.25, 0.3) is 0 Å². The zero-order valence-electron chi connectivity index (χ0n) is 10.5. The number of fused-ring (bicyclic) bond motifs is 2. The molecular weight excluding hydrogens is 226 g/mol. The minimum atomic E-state index is -0.459. The molecule has 18 heavy (non-hydrogen) atoms. The summed E-state index contributed by atoms with van der Waals surface area (Å²) in [5.74, 6) is 0.523. The van der Waals surface area contributed by atoms with Crippen molar-refractivity contribution in [1.29, 1.82) is 0 Å². The van der Waals surface area contributed by atoms with Gasteiger partial charge in [-0.2, -0.15) is 0 Å². The lowest BCUT2D eigenvalue weighted by molar-refractivity contribution is -0.129. The van der Waals surface area contributed by atoms with Gasteiger partial charge in [0, 0.05) is 18.5 Å². The van der Waals surface area contributed by atoms with Crippen molar-refractivity contribution in [2.45, 2.75) is 38.0 Å². The zero-order valence-corrected chi connectivity index (χ0v) is 10.5. The van der Waals surface area contributed by atoms with Crippen LogP contribution in [-0.2, 0) is 15.0 Å². The van der Waals surface area contributed by atoms with Gasteiger partial charge in [0.25, 0.3) is 0 Å². The molecule has 0 bridgehead atoms. The number of hydrogen-bond donors (Lipinski definition) is 1. The molecular formula is C15H17NO2. The summed E-state index contributed by atoms with van der Waals surface area (Å²) in [6.45, 7) is 2.07. The molecule has 1 aliphatic heterocycles. The highest BCUT2D eigenvalue weighted by Crippen LogP contribution is 2.50. The lowest BCUT2D eigenvalue weighted by Gasteiger charge is -2.38. The van der Waals surface area contributed by atoms with Crippen LogP contribution in [-0.4, -0.2) is 11.7 Å². The van der Waals surface area contributed by atoms with E-state index in [0.29, 0.717) is 25.0 Å². The molecule has 3 rings (SSSR count). The van der Waals surface area contributed by atoms with Gasteiger partial charge in [0.2, 0.25) is 5.91 Å². The summed E-state index contributed by atoms with van der Waals surface area (Å²) in [7, 11) is 0. The zero-order chi connectivity index (χ0) is 12.8. The Morgan fingerprint density at radius 2 is 2.11 bits per heavy atom. The number of carbonyl (C=O) groups excluding carboxylic acids is 2. The van der Waals surface area contributed by atoms with E-state index in [2.05, 4.69) is 12.2 Å². The summed E-state index contributed by atoms with van der Waals surface area (Å²) >= 11 is 0. The van der Waals surface area contributed by atoms with Crippen LogP contribution in [0.4, 0.5) is 5.69 Å². The van der Waals surface area contributed by atoms with Gasteiger partial charge >= 0.3 is 0 Å². The predicted octanol–water partition coefficient (Wildman–Crippen LogP) is 2.66. The number of nitrogens with one attached hydrogen (secondary N) is 1. The largest absolute Gasteiger partial charge is 0.325 e. The molecule has 1 aliphatic carbocycles. The Bertz CT molecular complexity index is 523. The summed E-state index contributed by atoms with van der Waals surface area (Å²) in [5.41, 5.74) is 1.56. The van der Waals surface area contributed by atoms with Crippen molar-refractivity contribution in [3.8, 4) is 0 Å².